The maximum Gasteiger partial charge on any atom is 0.343 e. The molecule has 3 aromatic carbocycles. The molecule has 0 unspecified atom stereocenters. The molecule has 0 amide bonds. The zero-order chi connectivity index (χ0) is 24.6. The number of para-hydroxylation sites is 1. The van der Waals surface area contributed by atoms with Gasteiger partial charge in [0.15, 0.2) is 0 Å². The smallest absolute Gasteiger partial charge is 0.343 e. The van der Waals surface area contributed by atoms with Crippen LogP contribution in [0.1, 0.15) is 43.0 Å². The number of benzene rings is 3. The molecule has 0 radical (unpaired) electrons. The minimum Gasteiger partial charge on any atom is -0.494 e. The largest absolute Gasteiger partial charge is 0.494 e. The highest BCUT2D eigenvalue weighted by atomic mass is 35.5. The molecule has 0 saturated heterocycles. The van der Waals surface area contributed by atoms with E-state index in [2.05, 4.69) is 6.92 Å². The molecule has 1 aromatic heterocycles. The van der Waals surface area contributed by atoms with Gasteiger partial charge in [-0.2, -0.15) is 0 Å². The van der Waals surface area contributed by atoms with E-state index in [1.165, 1.54) is 37.3 Å². The van der Waals surface area contributed by atoms with Gasteiger partial charge in [-0.3, -0.25) is 4.79 Å². The van der Waals surface area contributed by atoms with Gasteiger partial charge in [0.25, 0.3) is 0 Å². The van der Waals surface area contributed by atoms with Crippen molar-refractivity contribution < 1.29 is 23.4 Å². The number of halogens is 1. The first kappa shape index (κ1) is 24.4. The van der Waals surface area contributed by atoms with Crippen LogP contribution in [0.25, 0.3) is 11.0 Å². The van der Waals surface area contributed by atoms with Crippen LogP contribution in [-0.4, -0.2) is 12.6 Å². The third-order valence-corrected chi connectivity index (χ3v) is 5.65. The molecule has 180 valence electrons. The minimum atomic E-state index is -0.528. The molecule has 6 nitrogen and oxygen atoms in total. The molecule has 4 rings (SSSR count). The van der Waals surface area contributed by atoms with Crippen LogP contribution < -0.4 is 19.6 Å². The second kappa shape index (κ2) is 11.6. The van der Waals surface area contributed by atoms with Gasteiger partial charge >= 0.3 is 5.97 Å². The fourth-order valence-corrected chi connectivity index (χ4v) is 3.62. The van der Waals surface area contributed by atoms with Crippen LogP contribution in [0.4, 0.5) is 0 Å². The molecule has 0 aliphatic carbocycles. The lowest BCUT2D eigenvalue weighted by Crippen LogP contribution is -2.09. The predicted molar refractivity (Wildman–Crippen MR) is 135 cm³/mol. The lowest BCUT2D eigenvalue weighted by atomic mass is 10.2. The van der Waals surface area contributed by atoms with E-state index < -0.39 is 5.97 Å². The Labute approximate surface area is 208 Å². The van der Waals surface area contributed by atoms with Crippen molar-refractivity contribution in [1.29, 1.82) is 0 Å². The first-order valence-corrected chi connectivity index (χ1v) is 11.9. The number of fused-ring (bicyclic) bond motifs is 1. The third kappa shape index (κ3) is 6.22. The summed E-state index contributed by atoms with van der Waals surface area (Å²) in [6.07, 6.45) is 5.73. The summed E-state index contributed by atoms with van der Waals surface area (Å²) in [6.45, 7) is 2.82. The van der Waals surface area contributed by atoms with Gasteiger partial charge in [-0.1, -0.05) is 49.9 Å². The van der Waals surface area contributed by atoms with E-state index in [0.29, 0.717) is 28.7 Å². The number of hydrogen-bond donors (Lipinski definition) is 0. The van der Waals surface area contributed by atoms with E-state index in [-0.39, 0.29) is 27.9 Å². The monoisotopic (exact) mass is 492 g/mol. The van der Waals surface area contributed by atoms with Gasteiger partial charge in [0, 0.05) is 6.07 Å². The fourth-order valence-electron chi connectivity index (χ4n) is 3.44. The summed E-state index contributed by atoms with van der Waals surface area (Å²) in [5.41, 5.74) is 0.279. The Morgan fingerprint density at radius 2 is 1.69 bits per heavy atom. The standard InChI is InChI=1S/C28H25ClO6/c1-2-3-4-7-16-32-20-12-10-19(11-13-20)28(31)34-21-14-15-22-25(17-21)33-18-26(27(22)30)35-24-9-6-5-8-23(24)29/h5-6,8-15,17-18H,2-4,7,16H2,1H3. The molecule has 0 atom stereocenters. The van der Waals surface area contributed by atoms with Crippen molar-refractivity contribution in [3.05, 3.63) is 93.8 Å². The first-order chi connectivity index (χ1) is 17.0. The van der Waals surface area contributed by atoms with E-state index in [0.717, 1.165) is 12.8 Å². The summed E-state index contributed by atoms with van der Waals surface area (Å²) in [6, 6.07) is 18.2. The van der Waals surface area contributed by atoms with Gasteiger partial charge in [0.2, 0.25) is 11.2 Å². The van der Waals surface area contributed by atoms with E-state index in [1.54, 1.807) is 48.5 Å². The molecule has 0 fully saturated rings. The number of ether oxygens (including phenoxy) is 3. The molecule has 7 heteroatoms. The van der Waals surface area contributed by atoms with Crippen LogP contribution in [0.3, 0.4) is 0 Å². The van der Waals surface area contributed by atoms with Gasteiger partial charge in [0.1, 0.15) is 29.1 Å². The van der Waals surface area contributed by atoms with Crippen LogP contribution in [0.5, 0.6) is 23.0 Å². The zero-order valence-electron chi connectivity index (χ0n) is 19.3. The minimum absolute atomic E-state index is 0.00279. The number of esters is 1. The molecule has 4 aromatic rings. The van der Waals surface area contributed by atoms with Gasteiger partial charge in [-0.05, 0) is 55.0 Å². The van der Waals surface area contributed by atoms with Crippen molar-refractivity contribution in [3.8, 4) is 23.0 Å². The summed E-state index contributed by atoms with van der Waals surface area (Å²) >= 11 is 6.10. The number of rotatable bonds is 10. The Morgan fingerprint density at radius 1 is 0.914 bits per heavy atom. The number of carbonyl (C=O) groups is 1. The van der Waals surface area contributed by atoms with E-state index in [9.17, 15) is 9.59 Å². The Kier molecular flexibility index (Phi) is 8.06. The first-order valence-electron chi connectivity index (χ1n) is 11.5. The predicted octanol–water partition coefficient (Wildman–Crippen LogP) is 7.42. The normalized spacial score (nSPS) is 10.8. The SMILES string of the molecule is CCCCCCOc1ccc(C(=O)Oc2ccc3c(=O)c(Oc4ccccc4Cl)coc3c2)cc1. The highest BCUT2D eigenvalue weighted by Gasteiger charge is 2.14. The van der Waals surface area contributed by atoms with Crippen LogP contribution >= 0.6 is 11.6 Å². The summed E-state index contributed by atoms with van der Waals surface area (Å²) in [4.78, 5) is 25.4. The molecule has 0 bridgehead atoms. The average Bonchev–Trinajstić information content (AvgIpc) is 2.87. The molecule has 0 aliphatic rings. The highest BCUT2D eigenvalue weighted by Crippen LogP contribution is 2.29. The highest BCUT2D eigenvalue weighted by molar-refractivity contribution is 6.32. The van der Waals surface area contributed by atoms with Gasteiger partial charge in [0.05, 0.1) is 22.6 Å². The molecule has 0 N–H and O–H groups in total. The molecular formula is C28H25ClO6. The second-order valence-corrected chi connectivity index (χ2v) is 8.35. The summed E-state index contributed by atoms with van der Waals surface area (Å²) < 4.78 is 22.4. The van der Waals surface area contributed by atoms with E-state index in [1.807, 2.05) is 0 Å². The van der Waals surface area contributed by atoms with Gasteiger partial charge in [-0.15, -0.1) is 0 Å². The lowest BCUT2D eigenvalue weighted by molar-refractivity contribution is 0.0735. The summed E-state index contributed by atoms with van der Waals surface area (Å²) in [5, 5.41) is 0.663. The molecular weight excluding hydrogens is 468 g/mol. The molecule has 0 spiro atoms. The van der Waals surface area contributed by atoms with Crippen LogP contribution in [-0.2, 0) is 0 Å². The van der Waals surface area contributed by atoms with Crippen LogP contribution in [0.2, 0.25) is 5.02 Å². The number of carbonyl (C=O) groups excluding carboxylic acids is 1. The average molecular weight is 493 g/mol. The molecule has 0 aliphatic heterocycles. The van der Waals surface area contributed by atoms with Crippen molar-refractivity contribution in [2.45, 2.75) is 32.6 Å². The zero-order valence-corrected chi connectivity index (χ0v) is 20.0. The fraction of sp³-hybridized carbons (Fsp3) is 0.214. The number of unbranched alkanes of at least 4 members (excludes halogenated alkanes) is 3. The third-order valence-electron chi connectivity index (χ3n) is 5.34. The van der Waals surface area contributed by atoms with Crippen molar-refractivity contribution >= 4 is 28.5 Å². The quantitative estimate of drug-likeness (QED) is 0.130. The Hall–Kier alpha value is -3.77. The van der Waals surface area contributed by atoms with Gasteiger partial charge in [-0.25, -0.2) is 4.79 Å². The Bertz CT molecular complexity index is 1360. The Morgan fingerprint density at radius 3 is 2.46 bits per heavy atom. The van der Waals surface area contributed by atoms with Crippen LogP contribution in [0.15, 0.2) is 82.2 Å². The van der Waals surface area contributed by atoms with Crippen molar-refractivity contribution in [3.63, 3.8) is 0 Å². The second-order valence-electron chi connectivity index (χ2n) is 7.94. The maximum absolute atomic E-state index is 12.8. The van der Waals surface area contributed by atoms with E-state index in [4.69, 9.17) is 30.2 Å². The molecule has 1 heterocycles. The van der Waals surface area contributed by atoms with Crippen molar-refractivity contribution in [1.82, 2.24) is 0 Å². The van der Waals surface area contributed by atoms with E-state index >= 15 is 0 Å². The van der Waals surface area contributed by atoms with Crippen molar-refractivity contribution in [2.75, 3.05) is 6.61 Å². The maximum atomic E-state index is 12.8. The number of hydrogen-bond acceptors (Lipinski definition) is 6. The van der Waals surface area contributed by atoms with Crippen LogP contribution in [0, 0.1) is 0 Å². The lowest BCUT2D eigenvalue weighted by Gasteiger charge is -2.09. The van der Waals surface area contributed by atoms with Crippen molar-refractivity contribution in [2.24, 2.45) is 0 Å². The topological polar surface area (TPSA) is 75.0 Å². The Balaban J connectivity index is 1.41. The van der Waals surface area contributed by atoms with Gasteiger partial charge < -0.3 is 18.6 Å². The summed E-state index contributed by atoms with van der Waals surface area (Å²) in [5.74, 6) is 0.782. The molecule has 35 heavy (non-hydrogen) atoms. The summed E-state index contributed by atoms with van der Waals surface area (Å²) in [7, 11) is 0. The molecule has 0 saturated carbocycles.